The van der Waals surface area contributed by atoms with Crippen LogP contribution in [0.2, 0.25) is 0 Å². The second-order valence-electron chi connectivity index (χ2n) is 6.54. The highest BCUT2D eigenvalue weighted by atomic mass is 127. The topological polar surface area (TPSA) is 9.72 Å². The third-order valence-electron chi connectivity index (χ3n) is 4.94. The van der Waals surface area contributed by atoms with Crippen molar-refractivity contribution in [3.05, 3.63) is 0 Å². The van der Waals surface area contributed by atoms with E-state index < -0.39 is 0 Å². The second kappa shape index (κ2) is 4.62. The van der Waals surface area contributed by atoms with Crippen LogP contribution in [0.1, 0.15) is 19.8 Å². The van der Waals surface area contributed by atoms with Crippen molar-refractivity contribution in [1.82, 2.24) is 14.7 Å². The van der Waals surface area contributed by atoms with Crippen molar-refractivity contribution in [3.8, 4) is 0 Å². The smallest absolute Gasteiger partial charge is 0.0508 e. The summed E-state index contributed by atoms with van der Waals surface area (Å²) in [4.78, 5) is 7.83. The van der Waals surface area contributed by atoms with Crippen LogP contribution in [0.25, 0.3) is 0 Å². The fraction of sp³-hybridized carbons (Fsp3) is 1.00. The number of rotatable bonds is 2. The molecule has 17 heavy (non-hydrogen) atoms. The van der Waals surface area contributed by atoms with Gasteiger partial charge in [0.2, 0.25) is 0 Å². The van der Waals surface area contributed by atoms with Crippen LogP contribution in [0.3, 0.4) is 0 Å². The van der Waals surface area contributed by atoms with Gasteiger partial charge in [0.25, 0.3) is 0 Å². The van der Waals surface area contributed by atoms with E-state index in [1.165, 1.54) is 50.1 Å². The van der Waals surface area contributed by atoms with E-state index in [2.05, 4.69) is 51.3 Å². The Morgan fingerprint density at radius 1 is 1.24 bits per heavy atom. The summed E-state index contributed by atoms with van der Waals surface area (Å²) in [5.74, 6) is 0. The van der Waals surface area contributed by atoms with Gasteiger partial charge in [-0.3, -0.25) is 9.80 Å². The molecule has 3 saturated heterocycles. The highest BCUT2D eigenvalue weighted by Crippen LogP contribution is 2.41. The molecule has 0 N–H and O–H groups in total. The van der Waals surface area contributed by atoms with Crippen molar-refractivity contribution in [2.24, 2.45) is 5.41 Å². The predicted molar refractivity (Wildman–Crippen MR) is 79.6 cm³/mol. The molecule has 3 rings (SSSR count). The number of hydrogen-bond donors (Lipinski definition) is 0. The molecule has 0 aromatic carbocycles. The molecule has 0 aromatic heterocycles. The lowest BCUT2D eigenvalue weighted by molar-refractivity contribution is -0.129. The zero-order valence-corrected chi connectivity index (χ0v) is 13.2. The zero-order valence-electron chi connectivity index (χ0n) is 11.0. The molecule has 0 bridgehead atoms. The van der Waals surface area contributed by atoms with Gasteiger partial charge < -0.3 is 4.90 Å². The van der Waals surface area contributed by atoms with Crippen LogP contribution in [-0.4, -0.2) is 71.1 Å². The summed E-state index contributed by atoms with van der Waals surface area (Å²) in [6.45, 7) is 9.13. The molecule has 2 atom stereocenters. The molecule has 1 unspecified atom stereocenters. The number of likely N-dealkylation sites (tertiary alicyclic amines) is 3. The third-order valence-corrected chi connectivity index (χ3v) is 5.82. The van der Waals surface area contributed by atoms with Gasteiger partial charge in [-0.1, -0.05) is 22.6 Å². The maximum atomic E-state index is 2.76. The fourth-order valence-corrected chi connectivity index (χ4v) is 5.09. The minimum Gasteiger partial charge on any atom is -0.305 e. The van der Waals surface area contributed by atoms with Gasteiger partial charge in [-0.2, -0.15) is 0 Å². The van der Waals surface area contributed by atoms with Crippen molar-refractivity contribution in [2.75, 3.05) is 44.3 Å². The van der Waals surface area contributed by atoms with Crippen LogP contribution >= 0.6 is 22.6 Å². The average molecular weight is 349 g/mol. The lowest BCUT2D eigenvalue weighted by atomic mass is 9.72. The van der Waals surface area contributed by atoms with Crippen LogP contribution in [0.4, 0.5) is 0 Å². The van der Waals surface area contributed by atoms with Crippen LogP contribution in [0, 0.1) is 5.41 Å². The maximum Gasteiger partial charge on any atom is 0.0508 e. The minimum absolute atomic E-state index is 0.707. The molecule has 3 nitrogen and oxygen atoms in total. The first-order chi connectivity index (χ1) is 8.12. The average Bonchev–Trinajstić information content (AvgIpc) is 2.21. The first-order valence-electron chi connectivity index (χ1n) is 6.84. The Morgan fingerprint density at radius 2 is 1.94 bits per heavy atom. The Bertz CT molecular complexity index is 282. The minimum atomic E-state index is 0.707. The standard InChI is InChI=1S/C13H24IN3/c1-11-5-12(3-4-16(11)10-14)17-8-13(9-17)6-15(2)7-13/h11-12H,3-10H2,1-2H3/t11-,12?/m1/s1. The van der Waals surface area contributed by atoms with Gasteiger partial charge in [0.1, 0.15) is 0 Å². The lowest BCUT2D eigenvalue weighted by Crippen LogP contribution is -2.73. The van der Waals surface area contributed by atoms with Gasteiger partial charge in [0.05, 0.1) is 4.55 Å². The van der Waals surface area contributed by atoms with Crippen molar-refractivity contribution < 1.29 is 0 Å². The Morgan fingerprint density at radius 3 is 2.47 bits per heavy atom. The molecule has 0 saturated carbocycles. The van der Waals surface area contributed by atoms with E-state index in [0.29, 0.717) is 5.41 Å². The van der Waals surface area contributed by atoms with Crippen LogP contribution in [0.15, 0.2) is 0 Å². The Balaban J connectivity index is 1.48. The van der Waals surface area contributed by atoms with E-state index in [1.807, 2.05) is 0 Å². The molecular formula is C13H24IN3. The third kappa shape index (κ3) is 2.26. The number of alkyl halides is 1. The largest absolute Gasteiger partial charge is 0.305 e. The number of piperidine rings is 1. The molecule has 3 fully saturated rings. The monoisotopic (exact) mass is 349 g/mol. The summed E-state index contributed by atoms with van der Waals surface area (Å²) < 4.78 is 1.19. The normalized spacial score (nSPS) is 39.0. The van der Waals surface area contributed by atoms with E-state index in [9.17, 15) is 0 Å². The van der Waals surface area contributed by atoms with Gasteiger partial charge in [-0.25, -0.2) is 0 Å². The molecule has 3 aliphatic heterocycles. The van der Waals surface area contributed by atoms with Gasteiger partial charge in [-0.15, -0.1) is 0 Å². The SMILES string of the molecule is C[C@@H]1CC(N2CC3(CN(C)C3)C2)CCN1CI. The summed E-state index contributed by atoms with van der Waals surface area (Å²) in [6.07, 6.45) is 2.77. The van der Waals surface area contributed by atoms with Crippen LogP contribution < -0.4 is 0 Å². The highest BCUT2D eigenvalue weighted by Gasteiger charge is 2.52. The summed E-state index contributed by atoms with van der Waals surface area (Å²) in [7, 11) is 2.24. The van der Waals surface area contributed by atoms with Gasteiger partial charge in [0, 0.05) is 50.2 Å². The fourth-order valence-electron chi connectivity index (χ4n) is 4.08. The van der Waals surface area contributed by atoms with Crippen molar-refractivity contribution in [1.29, 1.82) is 0 Å². The summed E-state index contributed by atoms with van der Waals surface area (Å²) >= 11 is 2.50. The van der Waals surface area contributed by atoms with Crippen LogP contribution in [0.5, 0.6) is 0 Å². The quantitative estimate of drug-likeness (QED) is 0.425. The zero-order chi connectivity index (χ0) is 12.0. The van der Waals surface area contributed by atoms with Gasteiger partial charge in [0.15, 0.2) is 0 Å². The molecule has 3 heterocycles. The van der Waals surface area contributed by atoms with Crippen molar-refractivity contribution in [2.45, 2.75) is 31.8 Å². The molecule has 0 radical (unpaired) electrons. The molecule has 0 amide bonds. The summed E-state index contributed by atoms with van der Waals surface area (Å²) in [6, 6.07) is 1.66. The van der Waals surface area contributed by atoms with E-state index in [0.717, 1.165) is 12.1 Å². The summed E-state index contributed by atoms with van der Waals surface area (Å²) in [5, 5.41) is 0. The van der Waals surface area contributed by atoms with E-state index in [4.69, 9.17) is 0 Å². The Labute approximate surface area is 119 Å². The van der Waals surface area contributed by atoms with Crippen molar-refractivity contribution in [3.63, 3.8) is 0 Å². The molecule has 3 aliphatic rings. The van der Waals surface area contributed by atoms with Gasteiger partial charge >= 0.3 is 0 Å². The Hall–Kier alpha value is 0.610. The van der Waals surface area contributed by atoms with E-state index in [1.54, 1.807) is 0 Å². The predicted octanol–water partition coefficient (Wildman–Crippen LogP) is 1.48. The first-order valence-corrected chi connectivity index (χ1v) is 8.37. The van der Waals surface area contributed by atoms with Crippen molar-refractivity contribution >= 4 is 22.6 Å². The Kier molecular flexibility index (Phi) is 3.43. The number of nitrogens with zero attached hydrogens (tertiary/aromatic N) is 3. The molecule has 98 valence electrons. The highest BCUT2D eigenvalue weighted by molar-refractivity contribution is 14.1. The lowest BCUT2D eigenvalue weighted by Gasteiger charge is -2.62. The van der Waals surface area contributed by atoms with Crippen LogP contribution in [-0.2, 0) is 0 Å². The second-order valence-corrected chi connectivity index (χ2v) is 7.22. The van der Waals surface area contributed by atoms with E-state index in [-0.39, 0.29) is 0 Å². The molecule has 0 aliphatic carbocycles. The van der Waals surface area contributed by atoms with E-state index >= 15 is 0 Å². The molecule has 1 spiro atoms. The molecule has 4 heteroatoms. The molecule has 0 aromatic rings. The summed E-state index contributed by atoms with van der Waals surface area (Å²) in [5.41, 5.74) is 0.707. The number of hydrogen-bond acceptors (Lipinski definition) is 3. The van der Waals surface area contributed by atoms with Gasteiger partial charge in [-0.05, 0) is 26.8 Å². The molecular weight excluding hydrogens is 325 g/mol. The number of halogens is 1. The first kappa shape index (κ1) is 12.6. The maximum absolute atomic E-state index is 2.76.